The van der Waals surface area contributed by atoms with E-state index in [-0.39, 0.29) is 5.91 Å². The molecule has 110 valence electrons. The Kier molecular flexibility index (Phi) is 5.51. The Morgan fingerprint density at radius 2 is 1.90 bits per heavy atom. The molecule has 21 heavy (non-hydrogen) atoms. The normalized spacial score (nSPS) is 10.4. The molecular weight excluding hydrogens is 333 g/mol. The van der Waals surface area contributed by atoms with Gasteiger partial charge in [-0.05, 0) is 52.5 Å². The summed E-state index contributed by atoms with van der Waals surface area (Å²) in [5.41, 5.74) is 1.63. The van der Waals surface area contributed by atoms with Gasteiger partial charge in [0.2, 0.25) is 0 Å². The second-order valence-corrected chi connectivity index (χ2v) is 5.80. The number of halogens is 2. The lowest BCUT2D eigenvalue weighted by molar-refractivity contribution is 0.0793. The topological polar surface area (TPSA) is 20.3 Å². The third kappa shape index (κ3) is 4.39. The molecule has 0 saturated heterocycles. The molecule has 0 bridgehead atoms. The van der Waals surface area contributed by atoms with Gasteiger partial charge in [-0.15, -0.1) is 0 Å². The van der Waals surface area contributed by atoms with Crippen molar-refractivity contribution in [1.29, 1.82) is 0 Å². The Balaban J connectivity index is 1.89. The number of amides is 1. The van der Waals surface area contributed by atoms with Crippen LogP contribution in [0.3, 0.4) is 0 Å². The summed E-state index contributed by atoms with van der Waals surface area (Å²) < 4.78 is 13.8. The number of hydrogen-bond donors (Lipinski definition) is 0. The molecule has 0 heterocycles. The van der Waals surface area contributed by atoms with Gasteiger partial charge < -0.3 is 4.90 Å². The summed E-state index contributed by atoms with van der Waals surface area (Å²) in [5.74, 6) is -0.576. The summed E-state index contributed by atoms with van der Waals surface area (Å²) in [6.45, 7) is 0.644. The van der Waals surface area contributed by atoms with Crippen molar-refractivity contribution in [2.24, 2.45) is 0 Å². The molecule has 2 aromatic carbocycles. The van der Waals surface area contributed by atoms with Gasteiger partial charge in [-0.2, -0.15) is 0 Å². The number of carbonyl (C=O) groups is 1. The van der Waals surface area contributed by atoms with E-state index in [1.807, 2.05) is 18.2 Å². The van der Waals surface area contributed by atoms with Crippen molar-refractivity contribution in [1.82, 2.24) is 4.90 Å². The fourth-order valence-electron chi connectivity index (χ4n) is 2.12. The van der Waals surface area contributed by atoms with Crippen LogP contribution in [0.2, 0.25) is 0 Å². The van der Waals surface area contributed by atoms with Crippen LogP contribution in [-0.4, -0.2) is 24.4 Å². The molecule has 2 nitrogen and oxygen atoms in total. The van der Waals surface area contributed by atoms with E-state index in [1.54, 1.807) is 24.1 Å². The van der Waals surface area contributed by atoms with E-state index in [2.05, 4.69) is 28.1 Å². The molecule has 0 unspecified atom stereocenters. The quantitative estimate of drug-likeness (QED) is 0.788. The molecular formula is C17H17BrFNO. The standard InChI is InChI=1S/C17H17BrFNO/c1-20(11-5-8-13-6-3-2-4-7-13)17(21)14-9-10-15(18)16(19)12-14/h2-4,6-7,9-10,12H,5,8,11H2,1H3. The predicted molar refractivity (Wildman–Crippen MR) is 85.8 cm³/mol. The first-order chi connectivity index (χ1) is 10.1. The Labute approximate surface area is 132 Å². The Bertz CT molecular complexity index is 615. The highest BCUT2D eigenvalue weighted by Gasteiger charge is 2.13. The Hall–Kier alpha value is -1.68. The summed E-state index contributed by atoms with van der Waals surface area (Å²) >= 11 is 3.08. The third-order valence-corrected chi connectivity index (χ3v) is 3.96. The van der Waals surface area contributed by atoms with Crippen molar-refractivity contribution in [2.75, 3.05) is 13.6 Å². The summed E-state index contributed by atoms with van der Waals surface area (Å²) in [6.07, 6.45) is 1.80. The van der Waals surface area contributed by atoms with E-state index in [0.717, 1.165) is 12.8 Å². The maximum Gasteiger partial charge on any atom is 0.253 e. The molecule has 1 amide bonds. The molecule has 4 heteroatoms. The van der Waals surface area contributed by atoms with E-state index in [1.165, 1.54) is 11.6 Å². The first-order valence-corrected chi connectivity index (χ1v) is 7.61. The lowest BCUT2D eigenvalue weighted by atomic mass is 10.1. The minimum Gasteiger partial charge on any atom is -0.342 e. The van der Waals surface area contributed by atoms with Crippen LogP contribution in [0.25, 0.3) is 0 Å². The number of benzene rings is 2. The van der Waals surface area contributed by atoms with Crippen LogP contribution in [0.1, 0.15) is 22.3 Å². The summed E-state index contributed by atoms with van der Waals surface area (Å²) in [6, 6.07) is 14.6. The maximum atomic E-state index is 13.5. The summed E-state index contributed by atoms with van der Waals surface area (Å²) in [7, 11) is 1.74. The summed E-state index contributed by atoms with van der Waals surface area (Å²) in [5, 5.41) is 0. The van der Waals surface area contributed by atoms with E-state index in [9.17, 15) is 9.18 Å². The molecule has 0 aliphatic carbocycles. The minimum absolute atomic E-state index is 0.158. The second-order valence-electron chi connectivity index (χ2n) is 4.94. The second kappa shape index (κ2) is 7.36. The number of carbonyl (C=O) groups excluding carboxylic acids is 1. The van der Waals surface area contributed by atoms with Gasteiger partial charge >= 0.3 is 0 Å². The van der Waals surface area contributed by atoms with Crippen LogP contribution >= 0.6 is 15.9 Å². The Morgan fingerprint density at radius 3 is 2.57 bits per heavy atom. The highest BCUT2D eigenvalue weighted by Crippen LogP contribution is 2.17. The van der Waals surface area contributed by atoms with Crippen LogP contribution in [0.5, 0.6) is 0 Å². The van der Waals surface area contributed by atoms with Gasteiger partial charge in [0, 0.05) is 19.2 Å². The van der Waals surface area contributed by atoms with Crippen LogP contribution in [0.4, 0.5) is 4.39 Å². The van der Waals surface area contributed by atoms with Crippen molar-refractivity contribution in [3.05, 3.63) is 69.9 Å². The Morgan fingerprint density at radius 1 is 1.19 bits per heavy atom. The number of aryl methyl sites for hydroxylation is 1. The van der Waals surface area contributed by atoms with Gasteiger partial charge in [0.25, 0.3) is 5.91 Å². The van der Waals surface area contributed by atoms with Gasteiger partial charge in [-0.3, -0.25) is 4.79 Å². The molecule has 0 aromatic heterocycles. The predicted octanol–water partition coefficient (Wildman–Crippen LogP) is 4.29. The number of hydrogen-bond acceptors (Lipinski definition) is 1. The molecule has 0 fully saturated rings. The van der Waals surface area contributed by atoms with Crippen molar-refractivity contribution < 1.29 is 9.18 Å². The van der Waals surface area contributed by atoms with Crippen LogP contribution < -0.4 is 0 Å². The van der Waals surface area contributed by atoms with Crippen molar-refractivity contribution in [2.45, 2.75) is 12.8 Å². The van der Waals surface area contributed by atoms with Gasteiger partial charge in [-0.25, -0.2) is 4.39 Å². The highest BCUT2D eigenvalue weighted by atomic mass is 79.9. The average Bonchev–Trinajstić information content (AvgIpc) is 2.50. The van der Waals surface area contributed by atoms with E-state index in [4.69, 9.17) is 0 Å². The van der Waals surface area contributed by atoms with Crippen LogP contribution in [-0.2, 0) is 6.42 Å². The molecule has 0 spiro atoms. The monoisotopic (exact) mass is 349 g/mol. The van der Waals surface area contributed by atoms with E-state index >= 15 is 0 Å². The molecule has 0 aliphatic rings. The zero-order valence-electron chi connectivity index (χ0n) is 11.9. The molecule has 0 aliphatic heterocycles. The first kappa shape index (κ1) is 15.7. The first-order valence-electron chi connectivity index (χ1n) is 6.82. The smallest absolute Gasteiger partial charge is 0.253 e. The number of nitrogens with zero attached hydrogens (tertiary/aromatic N) is 1. The van der Waals surface area contributed by atoms with Crippen molar-refractivity contribution in [3.63, 3.8) is 0 Å². The van der Waals surface area contributed by atoms with Gasteiger partial charge in [0.15, 0.2) is 0 Å². The number of rotatable bonds is 5. The minimum atomic E-state index is -0.418. The van der Waals surface area contributed by atoms with Crippen molar-refractivity contribution in [3.8, 4) is 0 Å². The fourth-order valence-corrected chi connectivity index (χ4v) is 2.36. The molecule has 0 radical (unpaired) electrons. The third-order valence-electron chi connectivity index (χ3n) is 3.32. The largest absolute Gasteiger partial charge is 0.342 e. The maximum absolute atomic E-state index is 13.5. The zero-order chi connectivity index (χ0) is 15.2. The lowest BCUT2D eigenvalue weighted by Crippen LogP contribution is -2.28. The molecule has 0 saturated carbocycles. The zero-order valence-corrected chi connectivity index (χ0v) is 13.4. The van der Waals surface area contributed by atoms with E-state index < -0.39 is 5.82 Å². The molecule has 0 N–H and O–H groups in total. The lowest BCUT2D eigenvalue weighted by Gasteiger charge is -2.17. The van der Waals surface area contributed by atoms with Crippen molar-refractivity contribution >= 4 is 21.8 Å². The molecule has 2 aromatic rings. The average molecular weight is 350 g/mol. The molecule has 0 atom stereocenters. The van der Waals surface area contributed by atoms with Gasteiger partial charge in [0.1, 0.15) is 5.82 Å². The SMILES string of the molecule is CN(CCCc1ccccc1)C(=O)c1ccc(Br)c(F)c1. The fraction of sp³-hybridized carbons (Fsp3) is 0.235. The van der Waals surface area contributed by atoms with Gasteiger partial charge in [0.05, 0.1) is 4.47 Å². The van der Waals surface area contributed by atoms with Gasteiger partial charge in [-0.1, -0.05) is 30.3 Å². The summed E-state index contributed by atoms with van der Waals surface area (Å²) in [4.78, 5) is 13.8. The van der Waals surface area contributed by atoms with E-state index in [0.29, 0.717) is 16.6 Å². The van der Waals surface area contributed by atoms with Crippen LogP contribution in [0, 0.1) is 5.82 Å². The highest BCUT2D eigenvalue weighted by molar-refractivity contribution is 9.10. The molecule has 2 rings (SSSR count). The van der Waals surface area contributed by atoms with Crippen LogP contribution in [0.15, 0.2) is 53.0 Å².